The van der Waals surface area contributed by atoms with Gasteiger partial charge in [0.05, 0.1) is 11.2 Å². The highest BCUT2D eigenvalue weighted by atomic mass is 16.5. The Morgan fingerprint density at radius 1 is 0.905 bits per heavy atom. The van der Waals surface area contributed by atoms with Gasteiger partial charge in [-0.1, -0.05) is 34.6 Å². The number of hydrogen-bond acceptors (Lipinski definition) is 3. The highest BCUT2D eigenvalue weighted by Crippen LogP contribution is 2.36. The Hall–Kier alpha value is -0.410. The van der Waals surface area contributed by atoms with E-state index in [-0.39, 0.29) is 22.0 Å². The summed E-state index contributed by atoms with van der Waals surface area (Å²) in [7, 11) is 0. The summed E-state index contributed by atoms with van der Waals surface area (Å²) in [6, 6.07) is 0. The lowest BCUT2D eigenvalue weighted by molar-refractivity contribution is -0.153. The van der Waals surface area contributed by atoms with Gasteiger partial charge in [0.25, 0.3) is 0 Å². The lowest BCUT2D eigenvalue weighted by Gasteiger charge is -2.42. The highest BCUT2D eigenvalue weighted by Gasteiger charge is 2.37. The monoisotopic (exact) mass is 299 g/mol. The van der Waals surface area contributed by atoms with Gasteiger partial charge in [0.1, 0.15) is 6.29 Å². The van der Waals surface area contributed by atoms with Crippen LogP contribution >= 0.6 is 0 Å². The van der Waals surface area contributed by atoms with Crippen LogP contribution in [0.5, 0.6) is 0 Å². The first-order valence-corrected chi connectivity index (χ1v) is 8.11. The largest absolute Gasteiger partial charge is 0.370 e. The molecule has 0 aliphatic rings. The molecule has 0 fully saturated rings. The van der Waals surface area contributed by atoms with Gasteiger partial charge < -0.3 is 14.8 Å². The molecule has 0 bridgehead atoms. The summed E-state index contributed by atoms with van der Waals surface area (Å²) >= 11 is 0. The topological polar surface area (TPSA) is 38.3 Å². The van der Waals surface area contributed by atoms with Crippen molar-refractivity contribution in [2.24, 2.45) is 10.8 Å². The standard InChI is InChI=1S/C18H37NO2/c1-10-19-13-15(2,3)11-17(6,7)21-18(8,9)12-16(4,5)14-20/h14,19H,10-13H2,1-9H3. The predicted octanol–water partition coefficient (Wildman–Crippen LogP) is 4.20. The van der Waals surface area contributed by atoms with Gasteiger partial charge in [0, 0.05) is 12.0 Å². The smallest absolute Gasteiger partial charge is 0.125 e. The SMILES string of the molecule is CCNCC(C)(C)CC(C)(C)OC(C)(C)CC(C)(C)C=O. The molecule has 0 saturated carbocycles. The molecule has 0 atom stereocenters. The number of rotatable bonds is 10. The van der Waals surface area contributed by atoms with Gasteiger partial charge in [0.2, 0.25) is 0 Å². The summed E-state index contributed by atoms with van der Waals surface area (Å²) in [4.78, 5) is 11.2. The lowest BCUT2D eigenvalue weighted by atomic mass is 9.79. The van der Waals surface area contributed by atoms with Crippen molar-refractivity contribution in [2.75, 3.05) is 13.1 Å². The quantitative estimate of drug-likeness (QED) is 0.614. The van der Waals surface area contributed by atoms with Crippen molar-refractivity contribution in [2.45, 2.75) is 86.4 Å². The maximum Gasteiger partial charge on any atom is 0.125 e. The number of nitrogens with one attached hydrogen (secondary N) is 1. The fourth-order valence-corrected chi connectivity index (χ4v) is 3.64. The van der Waals surface area contributed by atoms with E-state index in [1.165, 1.54) is 0 Å². The van der Waals surface area contributed by atoms with Crippen molar-refractivity contribution >= 4 is 6.29 Å². The van der Waals surface area contributed by atoms with Crippen LogP contribution in [0.25, 0.3) is 0 Å². The predicted molar refractivity (Wildman–Crippen MR) is 90.6 cm³/mol. The third-order valence-corrected chi connectivity index (χ3v) is 3.51. The van der Waals surface area contributed by atoms with Gasteiger partial charge in [0.15, 0.2) is 0 Å². The summed E-state index contributed by atoms with van der Waals surface area (Å²) in [6.45, 7) is 21.0. The summed E-state index contributed by atoms with van der Waals surface area (Å²) in [5, 5.41) is 3.42. The van der Waals surface area contributed by atoms with E-state index in [1.807, 2.05) is 13.8 Å². The molecule has 21 heavy (non-hydrogen) atoms. The van der Waals surface area contributed by atoms with Gasteiger partial charge in [-0.2, -0.15) is 0 Å². The van der Waals surface area contributed by atoms with Crippen LogP contribution < -0.4 is 5.32 Å². The molecule has 0 rings (SSSR count). The first kappa shape index (κ1) is 20.6. The average Bonchev–Trinajstić information content (AvgIpc) is 2.21. The van der Waals surface area contributed by atoms with Crippen LogP contribution in [0, 0.1) is 10.8 Å². The fourth-order valence-electron chi connectivity index (χ4n) is 3.64. The molecule has 126 valence electrons. The van der Waals surface area contributed by atoms with Crippen molar-refractivity contribution in [3.05, 3.63) is 0 Å². The van der Waals surface area contributed by atoms with Crippen LogP contribution in [0.15, 0.2) is 0 Å². The fraction of sp³-hybridized carbons (Fsp3) is 0.944. The molecule has 0 aliphatic heterocycles. The zero-order chi connectivity index (χ0) is 16.9. The van der Waals surface area contributed by atoms with Crippen LogP contribution in [-0.4, -0.2) is 30.6 Å². The Balaban J connectivity index is 4.74. The zero-order valence-corrected chi connectivity index (χ0v) is 15.7. The molecule has 0 aliphatic carbocycles. The van der Waals surface area contributed by atoms with Crippen molar-refractivity contribution in [3.63, 3.8) is 0 Å². The second kappa shape index (κ2) is 7.23. The molecular formula is C18H37NO2. The van der Waals surface area contributed by atoms with Gasteiger partial charge in [-0.3, -0.25) is 0 Å². The maximum atomic E-state index is 11.2. The molecule has 0 amide bonds. The Morgan fingerprint density at radius 2 is 1.38 bits per heavy atom. The molecule has 3 heteroatoms. The minimum atomic E-state index is -0.348. The third kappa shape index (κ3) is 9.26. The van der Waals surface area contributed by atoms with E-state index >= 15 is 0 Å². The Kier molecular flexibility index (Phi) is 7.09. The second-order valence-corrected chi connectivity index (χ2v) is 9.03. The molecule has 3 nitrogen and oxygen atoms in total. The minimum absolute atomic E-state index is 0.176. The first-order valence-electron chi connectivity index (χ1n) is 8.11. The van der Waals surface area contributed by atoms with Crippen molar-refractivity contribution in [1.29, 1.82) is 0 Å². The molecular weight excluding hydrogens is 262 g/mol. The van der Waals surface area contributed by atoms with Crippen LogP contribution in [-0.2, 0) is 9.53 Å². The lowest BCUT2D eigenvalue weighted by Crippen LogP contribution is -2.44. The van der Waals surface area contributed by atoms with Crippen molar-refractivity contribution in [3.8, 4) is 0 Å². The van der Waals surface area contributed by atoms with E-state index < -0.39 is 0 Å². The van der Waals surface area contributed by atoms with Crippen molar-refractivity contribution in [1.82, 2.24) is 5.32 Å². The van der Waals surface area contributed by atoms with Gasteiger partial charge in [-0.05, 0) is 52.5 Å². The number of aldehydes is 1. The number of carbonyl (C=O) groups excluding carboxylic acids is 1. The summed E-state index contributed by atoms with van der Waals surface area (Å²) in [5.41, 5.74) is -0.710. The molecule has 0 unspecified atom stereocenters. The molecule has 0 radical (unpaired) electrons. The Bertz CT molecular complexity index is 330. The van der Waals surface area contributed by atoms with Crippen molar-refractivity contribution < 1.29 is 9.53 Å². The Labute approximate surface area is 132 Å². The maximum absolute atomic E-state index is 11.2. The van der Waals surface area contributed by atoms with E-state index in [0.717, 1.165) is 32.2 Å². The summed E-state index contributed by atoms with van der Waals surface area (Å²) < 4.78 is 6.39. The third-order valence-electron chi connectivity index (χ3n) is 3.51. The number of hydrogen-bond donors (Lipinski definition) is 1. The highest BCUT2D eigenvalue weighted by molar-refractivity contribution is 5.58. The molecule has 0 saturated heterocycles. The van der Waals surface area contributed by atoms with E-state index in [2.05, 4.69) is 53.8 Å². The zero-order valence-electron chi connectivity index (χ0n) is 15.7. The van der Waals surface area contributed by atoms with Gasteiger partial charge in [-0.15, -0.1) is 0 Å². The van der Waals surface area contributed by atoms with Crippen LogP contribution in [0.2, 0.25) is 0 Å². The molecule has 1 N–H and O–H groups in total. The normalized spacial score (nSPS) is 14.3. The molecule has 0 heterocycles. The van der Waals surface area contributed by atoms with Crippen LogP contribution in [0.3, 0.4) is 0 Å². The number of carbonyl (C=O) groups is 1. The van der Waals surface area contributed by atoms with Crippen LogP contribution in [0.4, 0.5) is 0 Å². The first-order chi connectivity index (χ1) is 9.24. The van der Waals surface area contributed by atoms with E-state index in [1.54, 1.807) is 0 Å². The second-order valence-electron chi connectivity index (χ2n) is 9.03. The number of ether oxygens (including phenoxy) is 1. The Morgan fingerprint density at radius 3 is 1.81 bits per heavy atom. The molecule has 0 spiro atoms. The van der Waals surface area contributed by atoms with Gasteiger partial charge >= 0.3 is 0 Å². The van der Waals surface area contributed by atoms with Gasteiger partial charge in [-0.25, -0.2) is 0 Å². The van der Waals surface area contributed by atoms with E-state index in [0.29, 0.717) is 0 Å². The van der Waals surface area contributed by atoms with E-state index in [9.17, 15) is 4.79 Å². The minimum Gasteiger partial charge on any atom is -0.370 e. The molecule has 0 aromatic carbocycles. The molecule has 0 aromatic heterocycles. The summed E-state index contributed by atoms with van der Waals surface area (Å²) in [6.07, 6.45) is 2.72. The van der Waals surface area contributed by atoms with Crippen LogP contribution in [0.1, 0.15) is 75.2 Å². The summed E-state index contributed by atoms with van der Waals surface area (Å²) in [5.74, 6) is 0. The van der Waals surface area contributed by atoms with E-state index in [4.69, 9.17) is 4.74 Å². The average molecular weight is 299 g/mol. The molecule has 0 aromatic rings.